The Morgan fingerprint density at radius 2 is 1.81 bits per heavy atom. The van der Waals surface area contributed by atoms with Crippen LogP contribution in [0.2, 0.25) is 5.02 Å². The van der Waals surface area contributed by atoms with Crippen LogP contribution < -0.4 is 9.62 Å². The molecule has 1 fully saturated rings. The van der Waals surface area contributed by atoms with Gasteiger partial charge < -0.3 is 10.2 Å². The second-order valence-electron chi connectivity index (χ2n) is 9.48. The van der Waals surface area contributed by atoms with E-state index >= 15 is 0 Å². The van der Waals surface area contributed by atoms with E-state index in [1.54, 1.807) is 36.4 Å². The number of carbonyl (C=O) groups is 2. The average Bonchev–Trinajstić information content (AvgIpc) is 3.35. The summed E-state index contributed by atoms with van der Waals surface area (Å²) in [5, 5.41) is 3.50. The highest BCUT2D eigenvalue weighted by Crippen LogP contribution is 2.23. The predicted octanol–water partition coefficient (Wildman–Crippen LogP) is 4.89. The molecule has 0 bridgehead atoms. The van der Waals surface area contributed by atoms with Crippen LogP contribution in [-0.2, 0) is 26.2 Å². The number of hydrogen-bond donors (Lipinski definition) is 1. The summed E-state index contributed by atoms with van der Waals surface area (Å²) in [5.41, 5.74) is 1.13. The van der Waals surface area contributed by atoms with Crippen molar-refractivity contribution in [3.63, 3.8) is 0 Å². The number of benzene rings is 2. The summed E-state index contributed by atoms with van der Waals surface area (Å²) in [6, 6.07) is 11.8. The summed E-state index contributed by atoms with van der Waals surface area (Å²) in [5.74, 6) is -0.839. The molecule has 2 aromatic carbocycles. The van der Waals surface area contributed by atoms with E-state index in [0.717, 1.165) is 31.9 Å². The van der Waals surface area contributed by atoms with Crippen LogP contribution >= 0.6 is 11.6 Å². The van der Waals surface area contributed by atoms with Crippen LogP contribution in [0.25, 0.3) is 0 Å². The quantitative estimate of drug-likeness (QED) is 0.407. The Balaban J connectivity index is 1.75. The lowest BCUT2D eigenvalue weighted by Crippen LogP contribution is -2.51. The number of nitrogens with zero attached hydrogens (tertiary/aromatic N) is 2. The second-order valence-corrected chi connectivity index (χ2v) is 11.8. The molecule has 2 aromatic rings. The van der Waals surface area contributed by atoms with Crippen molar-refractivity contribution in [1.82, 2.24) is 10.2 Å². The van der Waals surface area contributed by atoms with Crippen LogP contribution in [0.1, 0.15) is 57.4 Å². The molecule has 1 aliphatic carbocycles. The zero-order chi connectivity index (χ0) is 27.0. The lowest BCUT2D eigenvalue weighted by Gasteiger charge is -2.32. The van der Waals surface area contributed by atoms with E-state index in [-0.39, 0.29) is 49.6 Å². The van der Waals surface area contributed by atoms with Crippen molar-refractivity contribution in [1.29, 1.82) is 0 Å². The molecule has 7 nitrogen and oxygen atoms in total. The molecule has 0 aromatic heterocycles. The molecule has 0 unspecified atom stereocenters. The highest BCUT2D eigenvalue weighted by Gasteiger charge is 2.30. The van der Waals surface area contributed by atoms with Crippen molar-refractivity contribution >= 4 is 39.1 Å². The van der Waals surface area contributed by atoms with Crippen LogP contribution in [0.4, 0.5) is 10.1 Å². The van der Waals surface area contributed by atoms with Gasteiger partial charge in [0.1, 0.15) is 11.9 Å². The molecule has 202 valence electrons. The first-order chi connectivity index (χ1) is 17.6. The van der Waals surface area contributed by atoms with E-state index in [9.17, 15) is 22.4 Å². The van der Waals surface area contributed by atoms with Gasteiger partial charge in [0.25, 0.3) is 0 Å². The Bertz CT molecular complexity index is 1170. The Labute approximate surface area is 224 Å². The third-order valence-electron chi connectivity index (χ3n) is 6.60. The lowest BCUT2D eigenvalue weighted by atomic mass is 10.1. The third kappa shape index (κ3) is 8.43. The summed E-state index contributed by atoms with van der Waals surface area (Å²) in [6.07, 6.45) is 5.82. The minimum Gasteiger partial charge on any atom is -0.352 e. The summed E-state index contributed by atoms with van der Waals surface area (Å²) in [6.45, 7) is 2.09. The van der Waals surface area contributed by atoms with Crippen molar-refractivity contribution in [2.45, 2.75) is 70.5 Å². The largest absolute Gasteiger partial charge is 0.352 e. The van der Waals surface area contributed by atoms with Gasteiger partial charge in [-0.1, -0.05) is 49.6 Å². The molecule has 0 spiro atoms. The first-order valence-electron chi connectivity index (χ1n) is 12.7. The Morgan fingerprint density at radius 1 is 1.14 bits per heavy atom. The molecule has 1 N–H and O–H groups in total. The zero-order valence-corrected chi connectivity index (χ0v) is 22.9. The van der Waals surface area contributed by atoms with Gasteiger partial charge in [-0.25, -0.2) is 12.8 Å². The number of rotatable bonds is 12. The minimum atomic E-state index is -3.60. The van der Waals surface area contributed by atoms with Crippen LogP contribution in [0.3, 0.4) is 0 Å². The summed E-state index contributed by atoms with van der Waals surface area (Å²) >= 11 is 6.05. The number of sulfonamides is 1. The molecular weight excluding hydrogens is 517 g/mol. The van der Waals surface area contributed by atoms with Crippen molar-refractivity contribution < 1.29 is 22.4 Å². The van der Waals surface area contributed by atoms with Crippen molar-refractivity contribution in [3.05, 3.63) is 64.9 Å². The number of nitrogens with one attached hydrogen (secondary N) is 1. The van der Waals surface area contributed by atoms with Gasteiger partial charge in [0.05, 0.1) is 11.9 Å². The van der Waals surface area contributed by atoms with Gasteiger partial charge in [0.15, 0.2) is 0 Å². The molecule has 37 heavy (non-hydrogen) atoms. The van der Waals surface area contributed by atoms with E-state index < -0.39 is 16.1 Å². The SMILES string of the molecule is CC[C@H](C(=O)NC1CCCC1)N(Cc1ccc(F)cc1)C(=O)CCCN(c1cccc(Cl)c1)S(C)(=O)=O. The maximum Gasteiger partial charge on any atom is 0.243 e. The maximum absolute atomic E-state index is 13.5. The fourth-order valence-corrected chi connectivity index (χ4v) is 5.85. The number of anilines is 1. The predicted molar refractivity (Wildman–Crippen MR) is 144 cm³/mol. The first kappa shape index (κ1) is 28.9. The van der Waals surface area contributed by atoms with E-state index in [0.29, 0.717) is 22.7 Å². The van der Waals surface area contributed by atoms with Gasteiger partial charge in [-0.05, 0) is 61.6 Å². The maximum atomic E-state index is 13.5. The second kappa shape index (κ2) is 13.2. The fourth-order valence-electron chi connectivity index (χ4n) is 4.71. The molecule has 10 heteroatoms. The van der Waals surface area contributed by atoms with Crippen LogP contribution in [0.15, 0.2) is 48.5 Å². The van der Waals surface area contributed by atoms with Gasteiger partial charge in [0.2, 0.25) is 21.8 Å². The number of hydrogen-bond acceptors (Lipinski definition) is 4. The lowest BCUT2D eigenvalue weighted by molar-refractivity contribution is -0.141. The Hall–Kier alpha value is -2.65. The van der Waals surface area contributed by atoms with Gasteiger partial charge in [0, 0.05) is 30.6 Å². The normalized spacial score (nSPS) is 14.8. The molecule has 0 aliphatic heterocycles. The molecular formula is C27H35ClFN3O4S. The Kier molecular flexibility index (Phi) is 10.3. The third-order valence-corrected chi connectivity index (χ3v) is 8.03. The zero-order valence-electron chi connectivity index (χ0n) is 21.3. The van der Waals surface area contributed by atoms with Crippen molar-refractivity contribution in [2.24, 2.45) is 0 Å². The van der Waals surface area contributed by atoms with Gasteiger partial charge in [-0.2, -0.15) is 0 Å². The molecule has 1 saturated carbocycles. The van der Waals surface area contributed by atoms with Crippen LogP contribution in [0, 0.1) is 5.82 Å². The number of amides is 2. The van der Waals surface area contributed by atoms with E-state index in [1.807, 2.05) is 6.92 Å². The van der Waals surface area contributed by atoms with Gasteiger partial charge >= 0.3 is 0 Å². The van der Waals surface area contributed by atoms with Crippen LogP contribution in [-0.4, -0.2) is 50.0 Å². The highest BCUT2D eigenvalue weighted by molar-refractivity contribution is 7.92. The van der Waals surface area contributed by atoms with E-state index in [2.05, 4.69) is 5.32 Å². The van der Waals surface area contributed by atoms with Gasteiger partial charge in [-0.3, -0.25) is 13.9 Å². The van der Waals surface area contributed by atoms with Crippen LogP contribution in [0.5, 0.6) is 0 Å². The highest BCUT2D eigenvalue weighted by atomic mass is 35.5. The fraction of sp³-hybridized carbons (Fsp3) is 0.481. The molecule has 1 aliphatic rings. The summed E-state index contributed by atoms with van der Waals surface area (Å²) in [4.78, 5) is 28.2. The van der Waals surface area contributed by atoms with Crippen molar-refractivity contribution in [3.8, 4) is 0 Å². The number of carbonyl (C=O) groups excluding carboxylic acids is 2. The summed E-state index contributed by atoms with van der Waals surface area (Å²) in [7, 11) is -3.60. The average molecular weight is 552 g/mol. The van der Waals surface area contributed by atoms with E-state index in [1.165, 1.54) is 21.3 Å². The molecule has 0 heterocycles. The van der Waals surface area contributed by atoms with Gasteiger partial charge in [-0.15, -0.1) is 0 Å². The van der Waals surface area contributed by atoms with E-state index in [4.69, 9.17) is 11.6 Å². The molecule has 1 atom stereocenters. The molecule has 2 amide bonds. The smallest absolute Gasteiger partial charge is 0.243 e. The first-order valence-corrected chi connectivity index (χ1v) is 14.9. The Morgan fingerprint density at radius 3 is 2.41 bits per heavy atom. The molecule has 3 rings (SSSR count). The summed E-state index contributed by atoms with van der Waals surface area (Å²) < 4.78 is 39.6. The number of halogens is 2. The monoisotopic (exact) mass is 551 g/mol. The topological polar surface area (TPSA) is 86.8 Å². The minimum absolute atomic E-state index is 0.0426. The standard InChI is InChI=1S/C27H35ClFN3O4S/c1-3-25(27(34)30-23-9-4-5-10-23)31(19-20-13-15-22(29)16-14-20)26(33)12-7-17-32(37(2,35)36)24-11-6-8-21(28)18-24/h6,8,11,13-16,18,23,25H,3-5,7,9-10,12,17,19H2,1-2H3,(H,30,34)/t25-/m1/s1. The molecule has 0 radical (unpaired) electrons. The molecule has 0 saturated heterocycles. The van der Waals surface area contributed by atoms with Crippen molar-refractivity contribution in [2.75, 3.05) is 17.1 Å².